The Morgan fingerprint density at radius 2 is 2.12 bits per heavy atom. The summed E-state index contributed by atoms with van der Waals surface area (Å²) in [6.45, 7) is 1.93. The van der Waals surface area contributed by atoms with Crippen molar-refractivity contribution in [1.29, 1.82) is 0 Å². The van der Waals surface area contributed by atoms with Crippen LogP contribution in [0.4, 0.5) is 0 Å². The Bertz CT molecular complexity index is 312. The third kappa shape index (κ3) is 4.68. The Balaban J connectivity index is 2.30. The first kappa shape index (κ1) is 13.1. The molecule has 2 N–H and O–H groups in total. The lowest BCUT2D eigenvalue weighted by molar-refractivity contribution is -0.119. The second kappa shape index (κ2) is 7.30. The average molecular weight is 239 g/mol. The molecule has 16 heavy (non-hydrogen) atoms. The molecule has 0 aliphatic heterocycles. The second-order valence-electron chi connectivity index (χ2n) is 3.46. The average Bonchev–Trinajstić information content (AvgIpc) is 2.34. The number of amides is 1. The van der Waals surface area contributed by atoms with Crippen molar-refractivity contribution in [2.75, 3.05) is 12.4 Å². The van der Waals surface area contributed by atoms with Gasteiger partial charge in [-0.05, 0) is 18.6 Å². The Hall–Kier alpha value is -1.00. The van der Waals surface area contributed by atoms with E-state index in [1.165, 1.54) is 11.8 Å². The lowest BCUT2D eigenvalue weighted by Gasteiger charge is -2.13. The molecular formula is C12H17NO2S. The van der Waals surface area contributed by atoms with Crippen LogP contribution in [0.15, 0.2) is 35.2 Å². The summed E-state index contributed by atoms with van der Waals surface area (Å²) in [5.41, 5.74) is 0. The second-order valence-corrected chi connectivity index (χ2v) is 4.51. The first-order valence-electron chi connectivity index (χ1n) is 5.34. The molecule has 88 valence electrons. The minimum absolute atomic E-state index is 0.00174. The summed E-state index contributed by atoms with van der Waals surface area (Å²) in [6, 6.07) is 9.67. The Morgan fingerprint density at radius 1 is 1.44 bits per heavy atom. The van der Waals surface area contributed by atoms with E-state index < -0.39 is 0 Å². The predicted molar refractivity (Wildman–Crippen MR) is 66.5 cm³/mol. The van der Waals surface area contributed by atoms with Crippen molar-refractivity contribution >= 4 is 17.7 Å². The molecule has 0 fully saturated rings. The molecule has 0 heterocycles. The first-order valence-corrected chi connectivity index (χ1v) is 6.33. The van der Waals surface area contributed by atoms with E-state index in [9.17, 15) is 4.79 Å². The molecule has 0 saturated carbocycles. The van der Waals surface area contributed by atoms with Crippen molar-refractivity contribution in [2.45, 2.75) is 24.3 Å². The quantitative estimate of drug-likeness (QED) is 0.742. The molecule has 0 unspecified atom stereocenters. The monoisotopic (exact) mass is 239 g/mol. The van der Waals surface area contributed by atoms with Gasteiger partial charge in [0.05, 0.1) is 18.4 Å². The SMILES string of the molecule is CC[C@H](CO)NC(=O)CSc1ccccc1. The molecular weight excluding hydrogens is 222 g/mol. The zero-order valence-corrected chi connectivity index (χ0v) is 10.2. The topological polar surface area (TPSA) is 49.3 Å². The zero-order chi connectivity index (χ0) is 11.8. The summed E-state index contributed by atoms with van der Waals surface area (Å²) in [5, 5.41) is 11.7. The number of nitrogens with one attached hydrogen (secondary N) is 1. The fraction of sp³-hybridized carbons (Fsp3) is 0.417. The number of carbonyl (C=O) groups excluding carboxylic acids is 1. The fourth-order valence-corrected chi connectivity index (χ4v) is 1.94. The van der Waals surface area contributed by atoms with Gasteiger partial charge in [0.2, 0.25) is 5.91 Å². The number of hydrogen-bond acceptors (Lipinski definition) is 3. The first-order chi connectivity index (χ1) is 7.76. The van der Waals surface area contributed by atoms with Crippen LogP contribution in [0.2, 0.25) is 0 Å². The van der Waals surface area contributed by atoms with Gasteiger partial charge in [0.25, 0.3) is 0 Å². The molecule has 0 aromatic heterocycles. The van der Waals surface area contributed by atoms with Gasteiger partial charge in [-0.3, -0.25) is 4.79 Å². The lowest BCUT2D eigenvalue weighted by atomic mass is 10.2. The summed E-state index contributed by atoms with van der Waals surface area (Å²) in [7, 11) is 0. The molecule has 0 bridgehead atoms. The van der Waals surface area contributed by atoms with E-state index in [1.54, 1.807) is 0 Å². The standard InChI is InChI=1S/C12H17NO2S/c1-2-10(8-14)13-12(15)9-16-11-6-4-3-5-7-11/h3-7,10,14H,2,8-9H2,1H3,(H,13,15)/t10-/m1/s1. The summed E-state index contributed by atoms with van der Waals surface area (Å²) >= 11 is 1.50. The minimum Gasteiger partial charge on any atom is -0.394 e. The van der Waals surface area contributed by atoms with E-state index in [2.05, 4.69) is 5.32 Å². The summed E-state index contributed by atoms with van der Waals surface area (Å²) in [4.78, 5) is 12.6. The maximum absolute atomic E-state index is 11.5. The number of rotatable bonds is 6. The van der Waals surface area contributed by atoms with Crippen molar-refractivity contribution in [3.8, 4) is 0 Å². The van der Waals surface area contributed by atoms with Crippen LogP contribution < -0.4 is 5.32 Å². The van der Waals surface area contributed by atoms with E-state index in [0.29, 0.717) is 5.75 Å². The molecule has 1 aromatic carbocycles. The molecule has 0 aliphatic rings. The molecule has 0 spiro atoms. The van der Waals surface area contributed by atoms with Gasteiger partial charge in [-0.2, -0.15) is 0 Å². The third-order valence-electron chi connectivity index (χ3n) is 2.19. The van der Waals surface area contributed by atoms with Crippen LogP contribution in [0.25, 0.3) is 0 Å². The van der Waals surface area contributed by atoms with Gasteiger partial charge in [0.1, 0.15) is 0 Å². The predicted octanol–water partition coefficient (Wildman–Crippen LogP) is 1.67. The van der Waals surface area contributed by atoms with Crippen LogP contribution in [-0.4, -0.2) is 29.4 Å². The number of hydrogen-bond donors (Lipinski definition) is 2. The van der Waals surface area contributed by atoms with E-state index in [0.717, 1.165) is 11.3 Å². The van der Waals surface area contributed by atoms with Gasteiger partial charge in [-0.25, -0.2) is 0 Å². The van der Waals surface area contributed by atoms with Crippen LogP contribution in [-0.2, 0) is 4.79 Å². The fourth-order valence-electron chi connectivity index (χ4n) is 1.21. The smallest absolute Gasteiger partial charge is 0.230 e. The molecule has 1 atom stereocenters. The third-order valence-corrected chi connectivity index (χ3v) is 3.20. The van der Waals surface area contributed by atoms with Crippen LogP contribution in [0, 0.1) is 0 Å². The van der Waals surface area contributed by atoms with E-state index >= 15 is 0 Å². The number of benzene rings is 1. The Labute approximate surface area is 100 Å². The Kier molecular flexibility index (Phi) is 5.96. The van der Waals surface area contributed by atoms with Crippen molar-refractivity contribution in [3.05, 3.63) is 30.3 Å². The number of thioether (sulfide) groups is 1. The Morgan fingerprint density at radius 3 is 2.69 bits per heavy atom. The largest absolute Gasteiger partial charge is 0.394 e. The highest BCUT2D eigenvalue weighted by molar-refractivity contribution is 8.00. The van der Waals surface area contributed by atoms with Crippen molar-refractivity contribution in [2.24, 2.45) is 0 Å². The zero-order valence-electron chi connectivity index (χ0n) is 9.35. The summed E-state index contributed by atoms with van der Waals surface area (Å²) in [6.07, 6.45) is 0.748. The highest BCUT2D eigenvalue weighted by atomic mass is 32.2. The van der Waals surface area contributed by atoms with E-state index in [1.807, 2.05) is 37.3 Å². The summed E-state index contributed by atoms with van der Waals surface area (Å²) < 4.78 is 0. The molecule has 4 heteroatoms. The normalized spacial score (nSPS) is 12.1. The molecule has 0 saturated heterocycles. The van der Waals surface area contributed by atoms with Crippen LogP contribution in [0.1, 0.15) is 13.3 Å². The molecule has 1 aromatic rings. The van der Waals surface area contributed by atoms with Gasteiger partial charge in [0, 0.05) is 4.90 Å². The molecule has 1 rings (SSSR count). The number of aliphatic hydroxyl groups is 1. The number of aliphatic hydroxyl groups excluding tert-OH is 1. The highest BCUT2D eigenvalue weighted by Gasteiger charge is 2.08. The van der Waals surface area contributed by atoms with E-state index in [-0.39, 0.29) is 18.6 Å². The van der Waals surface area contributed by atoms with Crippen LogP contribution >= 0.6 is 11.8 Å². The maximum Gasteiger partial charge on any atom is 0.230 e. The van der Waals surface area contributed by atoms with Crippen molar-refractivity contribution in [1.82, 2.24) is 5.32 Å². The van der Waals surface area contributed by atoms with Gasteiger partial charge in [-0.15, -0.1) is 11.8 Å². The molecule has 1 amide bonds. The van der Waals surface area contributed by atoms with E-state index in [4.69, 9.17) is 5.11 Å². The highest BCUT2D eigenvalue weighted by Crippen LogP contribution is 2.16. The van der Waals surface area contributed by atoms with Gasteiger partial charge in [-0.1, -0.05) is 25.1 Å². The van der Waals surface area contributed by atoms with Crippen LogP contribution in [0.5, 0.6) is 0 Å². The summed E-state index contributed by atoms with van der Waals surface area (Å²) in [5.74, 6) is 0.357. The molecule has 0 radical (unpaired) electrons. The van der Waals surface area contributed by atoms with Gasteiger partial charge in [0.15, 0.2) is 0 Å². The maximum atomic E-state index is 11.5. The molecule has 0 aliphatic carbocycles. The van der Waals surface area contributed by atoms with Gasteiger partial charge < -0.3 is 10.4 Å². The van der Waals surface area contributed by atoms with Crippen molar-refractivity contribution in [3.63, 3.8) is 0 Å². The lowest BCUT2D eigenvalue weighted by Crippen LogP contribution is -2.37. The van der Waals surface area contributed by atoms with Crippen LogP contribution in [0.3, 0.4) is 0 Å². The minimum atomic E-state index is -0.121. The number of carbonyl (C=O) groups is 1. The molecule has 3 nitrogen and oxygen atoms in total. The van der Waals surface area contributed by atoms with Crippen molar-refractivity contribution < 1.29 is 9.90 Å². The van der Waals surface area contributed by atoms with Gasteiger partial charge >= 0.3 is 0 Å².